The molecule has 4 nitrogen and oxygen atoms in total. The quantitative estimate of drug-likeness (QED) is 0.424. The highest BCUT2D eigenvalue weighted by Gasteiger charge is 2.16. The molecule has 0 saturated heterocycles. The van der Waals surface area contributed by atoms with Crippen molar-refractivity contribution >= 4 is 22.5 Å². The van der Waals surface area contributed by atoms with Crippen LogP contribution in [0.4, 0.5) is 5.69 Å². The number of aromatic nitrogens is 1. The van der Waals surface area contributed by atoms with E-state index in [1.54, 1.807) is 7.11 Å². The van der Waals surface area contributed by atoms with E-state index in [4.69, 9.17) is 9.72 Å². The Kier molecular flexibility index (Phi) is 5.47. The predicted molar refractivity (Wildman–Crippen MR) is 127 cm³/mol. The molecule has 0 atom stereocenters. The Morgan fingerprint density at radius 3 is 2.42 bits per heavy atom. The number of benzene rings is 3. The Balaban J connectivity index is 1.87. The summed E-state index contributed by atoms with van der Waals surface area (Å²) in [5.74, 6) is 0.603. The molecule has 0 aliphatic heterocycles. The Morgan fingerprint density at radius 2 is 1.68 bits per heavy atom. The molecule has 1 aromatic heterocycles. The first-order valence-electron chi connectivity index (χ1n) is 10.3. The van der Waals surface area contributed by atoms with Crippen molar-refractivity contribution in [3.05, 3.63) is 88.5 Å². The van der Waals surface area contributed by atoms with Gasteiger partial charge < -0.3 is 10.1 Å². The van der Waals surface area contributed by atoms with E-state index in [2.05, 4.69) is 18.3 Å². The Labute approximate surface area is 182 Å². The van der Waals surface area contributed by atoms with Crippen molar-refractivity contribution < 1.29 is 9.53 Å². The summed E-state index contributed by atoms with van der Waals surface area (Å²) in [6.07, 6.45) is 0. The summed E-state index contributed by atoms with van der Waals surface area (Å²) in [6, 6.07) is 19.7. The van der Waals surface area contributed by atoms with Gasteiger partial charge in [-0.1, -0.05) is 29.8 Å². The first-order chi connectivity index (χ1) is 14.9. The topological polar surface area (TPSA) is 51.2 Å². The fourth-order valence-electron chi connectivity index (χ4n) is 3.82. The summed E-state index contributed by atoms with van der Waals surface area (Å²) in [7, 11) is 1.64. The van der Waals surface area contributed by atoms with Crippen LogP contribution in [0.3, 0.4) is 0 Å². The summed E-state index contributed by atoms with van der Waals surface area (Å²) in [6.45, 7) is 8.17. The van der Waals surface area contributed by atoms with E-state index < -0.39 is 0 Å². The molecule has 0 spiro atoms. The number of anilines is 1. The first kappa shape index (κ1) is 20.6. The molecule has 0 fully saturated rings. The third-order valence-corrected chi connectivity index (χ3v) is 5.62. The number of nitrogens with one attached hydrogen (secondary N) is 1. The summed E-state index contributed by atoms with van der Waals surface area (Å²) in [5, 5.41) is 3.92. The van der Waals surface area contributed by atoms with Crippen molar-refractivity contribution in [2.45, 2.75) is 27.7 Å². The number of fused-ring (bicyclic) bond motifs is 1. The van der Waals surface area contributed by atoms with Crippen molar-refractivity contribution in [2.75, 3.05) is 12.4 Å². The van der Waals surface area contributed by atoms with E-state index in [0.717, 1.165) is 50.3 Å². The smallest absolute Gasteiger partial charge is 0.256 e. The lowest BCUT2D eigenvalue weighted by molar-refractivity contribution is 0.102. The van der Waals surface area contributed by atoms with Crippen LogP contribution in [0.5, 0.6) is 5.75 Å². The first-order valence-corrected chi connectivity index (χ1v) is 10.3. The number of aryl methyl sites for hydroxylation is 4. The average molecular weight is 411 g/mol. The van der Waals surface area contributed by atoms with Gasteiger partial charge in [-0.05, 0) is 80.8 Å². The molecule has 0 unspecified atom stereocenters. The van der Waals surface area contributed by atoms with Crippen LogP contribution in [0.25, 0.3) is 22.2 Å². The SMILES string of the molecule is COc1cccc(-c2cc(C(=O)Nc3ccc(C)c(C)c3)c3cc(C)cc(C)c3n2)c1. The van der Waals surface area contributed by atoms with Crippen LogP contribution < -0.4 is 10.1 Å². The van der Waals surface area contributed by atoms with E-state index >= 15 is 0 Å². The van der Waals surface area contributed by atoms with Gasteiger partial charge in [0.25, 0.3) is 5.91 Å². The Hall–Kier alpha value is -3.66. The van der Waals surface area contributed by atoms with Gasteiger partial charge in [-0.25, -0.2) is 4.98 Å². The zero-order chi connectivity index (χ0) is 22.1. The third kappa shape index (κ3) is 4.15. The molecule has 3 aromatic carbocycles. The van der Waals surface area contributed by atoms with Crippen LogP contribution in [0.15, 0.2) is 60.7 Å². The molecule has 0 saturated carbocycles. The second kappa shape index (κ2) is 8.23. The second-order valence-electron chi connectivity index (χ2n) is 8.02. The van der Waals surface area contributed by atoms with E-state index in [0.29, 0.717) is 5.56 Å². The number of nitrogens with zero attached hydrogens (tertiary/aromatic N) is 1. The lowest BCUT2D eigenvalue weighted by atomic mass is 9.99. The maximum Gasteiger partial charge on any atom is 0.256 e. The molecule has 1 N–H and O–H groups in total. The summed E-state index contributed by atoms with van der Waals surface area (Å²) >= 11 is 0. The van der Waals surface area contributed by atoms with Gasteiger partial charge in [0.2, 0.25) is 0 Å². The molecule has 4 rings (SSSR count). The largest absolute Gasteiger partial charge is 0.497 e. The normalized spacial score (nSPS) is 10.9. The fraction of sp³-hybridized carbons (Fsp3) is 0.185. The van der Waals surface area contributed by atoms with E-state index in [1.165, 1.54) is 5.56 Å². The maximum atomic E-state index is 13.4. The number of methoxy groups -OCH3 is 1. The minimum absolute atomic E-state index is 0.148. The van der Waals surface area contributed by atoms with Gasteiger partial charge in [0.05, 0.1) is 23.9 Å². The van der Waals surface area contributed by atoms with Gasteiger partial charge in [-0.2, -0.15) is 0 Å². The van der Waals surface area contributed by atoms with E-state index in [9.17, 15) is 4.79 Å². The van der Waals surface area contributed by atoms with Crippen molar-refractivity contribution in [3.8, 4) is 17.0 Å². The lowest BCUT2D eigenvalue weighted by Gasteiger charge is -2.14. The number of pyridine rings is 1. The van der Waals surface area contributed by atoms with Crippen LogP contribution >= 0.6 is 0 Å². The molecule has 0 aliphatic rings. The summed E-state index contributed by atoms with van der Waals surface area (Å²) in [4.78, 5) is 18.3. The average Bonchev–Trinajstić information content (AvgIpc) is 2.75. The van der Waals surface area contributed by atoms with Crippen molar-refractivity contribution in [1.82, 2.24) is 4.98 Å². The number of carbonyl (C=O) groups is 1. The minimum atomic E-state index is -0.148. The van der Waals surface area contributed by atoms with Gasteiger partial charge in [0.1, 0.15) is 5.75 Å². The fourth-order valence-corrected chi connectivity index (χ4v) is 3.82. The van der Waals surface area contributed by atoms with Crippen LogP contribution in [0.1, 0.15) is 32.6 Å². The van der Waals surface area contributed by atoms with E-state index in [1.807, 2.05) is 75.4 Å². The third-order valence-electron chi connectivity index (χ3n) is 5.62. The number of ether oxygens (including phenoxy) is 1. The summed E-state index contributed by atoms with van der Waals surface area (Å²) in [5.41, 5.74) is 8.33. The molecule has 0 aliphatic carbocycles. The maximum absolute atomic E-state index is 13.4. The highest BCUT2D eigenvalue weighted by molar-refractivity contribution is 6.13. The highest BCUT2D eigenvalue weighted by Crippen LogP contribution is 2.30. The van der Waals surface area contributed by atoms with Crippen LogP contribution in [0, 0.1) is 27.7 Å². The Bertz CT molecular complexity index is 1310. The molecule has 4 heteroatoms. The highest BCUT2D eigenvalue weighted by atomic mass is 16.5. The molecule has 0 bridgehead atoms. The molecule has 1 heterocycles. The molecule has 1 amide bonds. The molecular weight excluding hydrogens is 384 g/mol. The molecule has 4 aromatic rings. The van der Waals surface area contributed by atoms with Gasteiger partial charge in [-0.15, -0.1) is 0 Å². The monoisotopic (exact) mass is 410 g/mol. The minimum Gasteiger partial charge on any atom is -0.497 e. The number of amides is 1. The molecule has 0 radical (unpaired) electrons. The van der Waals surface area contributed by atoms with Crippen LogP contribution in [-0.4, -0.2) is 18.0 Å². The number of hydrogen-bond donors (Lipinski definition) is 1. The number of rotatable bonds is 4. The lowest BCUT2D eigenvalue weighted by Crippen LogP contribution is -2.13. The number of carbonyl (C=O) groups excluding carboxylic acids is 1. The van der Waals surface area contributed by atoms with Crippen molar-refractivity contribution in [3.63, 3.8) is 0 Å². The van der Waals surface area contributed by atoms with E-state index in [-0.39, 0.29) is 5.91 Å². The summed E-state index contributed by atoms with van der Waals surface area (Å²) < 4.78 is 5.37. The van der Waals surface area contributed by atoms with Gasteiger partial charge >= 0.3 is 0 Å². The second-order valence-corrected chi connectivity index (χ2v) is 8.02. The van der Waals surface area contributed by atoms with Crippen LogP contribution in [-0.2, 0) is 0 Å². The van der Waals surface area contributed by atoms with Gasteiger partial charge in [-0.3, -0.25) is 4.79 Å². The zero-order valence-corrected chi connectivity index (χ0v) is 18.5. The molecule has 156 valence electrons. The van der Waals surface area contributed by atoms with Crippen LogP contribution in [0.2, 0.25) is 0 Å². The van der Waals surface area contributed by atoms with Crippen molar-refractivity contribution in [1.29, 1.82) is 0 Å². The standard InChI is InChI=1S/C27H26N2O2/c1-16-11-19(4)26-23(12-16)24(27(30)28-21-10-9-17(2)18(3)13-21)15-25(29-26)20-7-6-8-22(14-20)31-5/h6-15H,1-5H3,(H,28,30). The Morgan fingerprint density at radius 1 is 0.871 bits per heavy atom. The molecular formula is C27H26N2O2. The number of hydrogen-bond acceptors (Lipinski definition) is 3. The van der Waals surface area contributed by atoms with Crippen molar-refractivity contribution in [2.24, 2.45) is 0 Å². The zero-order valence-electron chi connectivity index (χ0n) is 18.5. The predicted octanol–water partition coefficient (Wildman–Crippen LogP) is 6.40. The molecule has 31 heavy (non-hydrogen) atoms. The van der Waals surface area contributed by atoms with Gasteiger partial charge in [0, 0.05) is 16.6 Å². The van der Waals surface area contributed by atoms with Gasteiger partial charge in [0.15, 0.2) is 0 Å².